The fourth-order valence-electron chi connectivity index (χ4n) is 1.74. The van der Waals surface area contributed by atoms with Crippen molar-refractivity contribution in [2.75, 3.05) is 11.9 Å². The summed E-state index contributed by atoms with van der Waals surface area (Å²) in [6, 6.07) is 6.36. The van der Waals surface area contributed by atoms with Crippen molar-refractivity contribution in [1.29, 1.82) is 0 Å². The second-order valence-electron chi connectivity index (χ2n) is 4.11. The fraction of sp³-hybridized carbons (Fsp3) is 0.500. The van der Waals surface area contributed by atoms with Crippen molar-refractivity contribution in [2.24, 2.45) is 5.92 Å². The lowest BCUT2D eigenvalue weighted by molar-refractivity contribution is 0.333. The van der Waals surface area contributed by atoms with Crippen LogP contribution in [-0.4, -0.2) is 6.54 Å². The molecule has 0 aromatic heterocycles. The molecular weight excluding hydrogens is 238 g/mol. The average molecular weight is 254 g/mol. The molecule has 1 N–H and O–H groups in total. The summed E-state index contributed by atoms with van der Waals surface area (Å²) >= 11 is 3.61. The van der Waals surface area contributed by atoms with Crippen LogP contribution in [-0.2, 0) is 0 Å². The van der Waals surface area contributed by atoms with Gasteiger partial charge in [0, 0.05) is 16.7 Å². The molecule has 0 unspecified atom stereocenters. The molecule has 0 spiro atoms. The maximum atomic E-state index is 3.61. The van der Waals surface area contributed by atoms with Crippen LogP contribution in [0.15, 0.2) is 22.7 Å². The number of anilines is 1. The molecule has 1 aliphatic rings. The molecule has 1 fully saturated rings. The van der Waals surface area contributed by atoms with Crippen LogP contribution in [0, 0.1) is 12.8 Å². The smallest absolute Gasteiger partial charge is 0.0487 e. The van der Waals surface area contributed by atoms with Gasteiger partial charge in [0.1, 0.15) is 0 Å². The summed E-state index contributed by atoms with van der Waals surface area (Å²) in [5.74, 6) is 0.905. The molecule has 1 aromatic rings. The van der Waals surface area contributed by atoms with Gasteiger partial charge in [-0.15, -0.1) is 0 Å². The average Bonchev–Trinajstić information content (AvgIpc) is 2.09. The quantitative estimate of drug-likeness (QED) is 0.860. The second kappa shape index (κ2) is 4.35. The largest absolute Gasteiger partial charge is 0.384 e. The van der Waals surface area contributed by atoms with Gasteiger partial charge in [-0.05, 0) is 53.2 Å². The third-order valence-corrected chi connectivity index (χ3v) is 4.05. The SMILES string of the molecule is Cc1cccc(NCC2CCC2)c1Br. The van der Waals surface area contributed by atoms with Crippen molar-refractivity contribution < 1.29 is 0 Å². The number of halogens is 1. The van der Waals surface area contributed by atoms with Crippen molar-refractivity contribution in [3.63, 3.8) is 0 Å². The Bertz CT molecular complexity index is 318. The first-order valence-electron chi connectivity index (χ1n) is 5.26. The Labute approximate surface area is 94.0 Å². The van der Waals surface area contributed by atoms with Crippen molar-refractivity contribution in [3.8, 4) is 0 Å². The summed E-state index contributed by atoms with van der Waals surface area (Å²) in [5.41, 5.74) is 2.53. The highest BCUT2D eigenvalue weighted by molar-refractivity contribution is 9.10. The number of nitrogens with one attached hydrogen (secondary N) is 1. The Morgan fingerprint density at radius 3 is 2.86 bits per heavy atom. The van der Waals surface area contributed by atoms with E-state index >= 15 is 0 Å². The first-order chi connectivity index (χ1) is 6.77. The predicted molar refractivity (Wildman–Crippen MR) is 64.7 cm³/mol. The van der Waals surface area contributed by atoms with Crippen molar-refractivity contribution >= 4 is 21.6 Å². The Morgan fingerprint density at radius 1 is 1.43 bits per heavy atom. The molecule has 0 atom stereocenters. The summed E-state index contributed by atoms with van der Waals surface area (Å²) in [7, 11) is 0. The number of hydrogen-bond acceptors (Lipinski definition) is 1. The topological polar surface area (TPSA) is 12.0 Å². The molecule has 0 saturated heterocycles. The van der Waals surface area contributed by atoms with Crippen molar-refractivity contribution in [2.45, 2.75) is 26.2 Å². The van der Waals surface area contributed by atoms with E-state index in [4.69, 9.17) is 0 Å². The zero-order valence-electron chi connectivity index (χ0n) is 8.52. The van der Waals surface area contributed by atoms with Gasteiger partial charge in [0.15, 0.2) is 0 Å². The van der Waals surface area contributed by atoms with Crippen LogP contribution in [0.2, 0.25) is 0 Å². The molecule has 0 bridgehead atoms. The van der Waals surface area contributed by atoms with E-state index in [1.54, 1.807) is 0 Å². The molecule has 1 aliphatic carbocycles. The van der Waals surface area contributed by atoms with E-state index in [0.29, 0.717) is 0 Å². The maximum Gasteiger partial charge on any atom is 0.0487 e. The molecule has 1 nitrogen and oxygen atoms in total. The lowest BCUT2D eigenvalue weighted by Crippen LogP contribution is -2.21. The van der Waals surface area contributed by atoms with Crippen LogP contribution >= 0.6 is 15.9 Å². The van der Waals surface area contributed by atoms with Gasteiger partial charge >= 0.3 is 0 Å². The van der Waals surface area contributed by atoms with E-state index in [9.17, 15) is 0 Å². The van der Waals surface area contributed by atoms with E-state index in [-0.39, 0.29) is 0 Å². The summed E-state index contributed by atoms with van der Waals surface area (Å²) in [6.07, 6.45) is 4.22. The fourth-order valence-corrected chi connectivity index (χ4v) is 2.14. The van der Waals surface area contributed by atoms with Crippen LogP contribution in [0.5, 0.6) is 0 Å². The van der Waals surface area contributed by atoms with Gasteiger partial charge in [-0.25, -0.2) is 0 Å². The van der Waals surface area contributed by atoms with Crippen molar-refractivity contribution in [3.05, 3.63) is 28.2 Å². The highest BCUT2D eigenvalue weighted by Crippen LogP contribution is 2.29. The second-order valence-corrected chi connectivity index (χ2v) is 4.91. The summed E-state index contributed by atoms with van der Waals surface area (Å²) in [6.45, 7) is 3.25. The zero-order valence-corrected chi connectivity index (χ0v) is 10.1. The van der Waals surface area contributed by atoms with E-state index in [0.717, 1.165) is 12.5 Å². The van der Waals surface area contributed by atoms with Crippen LogP contribution < -0.4 is 5.32 Å². The minimum atomic E-state index is 0.905. The summed E-state index contributed by atoms with van der Waals surface area (Å²) in [4.78, 5) is 0. The number of aryl methyl sites for hydroxylation is 1. The molecule has 1 aromatic carbocycles. The minimum Gasteiger partial charge on any atom is -0.384 e. The molecule has 0 radical (unpaired) electrons. The van der Waals surface area contributed by atoms with E-state index in [2.05, 4.69) is 46.4 Å². The highest BCUT2D eigenvalue weighted by Gasteiger charge is 2.16. The molecule has 14 heavy (non-hydrogen) atoms. The molecule has 76 valence electrons. The Balaban J connectivity index is 1.97. The van der Waals surface area contributed by atoms with Gasteiger partial charge in [0.25, 0.3) is 0 Å². The van der Waals surface area contributed by atoms with Gasteiger partial charge in [0.05, 0.1) is 0 Å². The minimum absolute atomic E-state index is 0.905. The van der Waals surface area contributed by atoms with Crippen LogP contribution in [0.3, 0.4) is 0 Å². The van der Waals surface area contributed by atoms with Gasteiger partial charge in [-0.2, -0.15) is 0 Å². The van der Waals surface area contributed by atoms with Crippen molar-refractivity contribution in [1.82, 2.24) is 0 Å². The standard InChI is InChI=1S/C12H16BrN/c1-9-4-2-7-11(12(9)13)14-8-10-5-3-6-10/h2,4,7,10,14H,3,5-6,8H2,1H3. The monoisotopic (exact) mass is 253 g/mol. The Kier molecular flexibility index (Phi) is 3.12. The molecular formula is C12H16BrN. The van der Waals surface area contributed by atoms with E-state index in [1.165, 1.54) is 35.0 Å². The Hall–Kier alpha value is -0.500. The van der Waals surface area contributed by atoms with Crippen LogP contribution in [0.25, 0.3) is 0 Å². The van der Waals surface area contributed by atoms with Gasteiger partial charge < -0.3 is 5.32 Å². The van der Waals surface area contributed by atoms with Gasteiger partial charge in [-0.1, -0.05) is 18.6 Å². The predicted octanol–water partition coefficient (Wildman–Crippen LogP) is 3.97. The van der Waals surface area contributed by atoms with Gasteiger partial charge in [-0.3, -0.25) is 0 Å². The molecule has 2 heteroatoms. The number of benzene rings is 1. The highest BCUT2D eigenvalue weighted by atomic mass is 79.9. The summed E-state index contributed by atoms with van der Waals surface area (Å²) < 4.78 is 1.21. The normalized spacial score (nSPS) is 16.4. The maximum absolute atomic E-state index is 3.61. The first-order valence-corrected chi connectivity index (χ1v) is 6.05. The number of hydrogen-bond donors (Lipinski definition) is 1. The third-order valence-electron chi connectivity index (χ3n) is 3.00. The Morgan fingerprint density at radius 2 is 2.21 bits per heavy atom. The molecule has 0 heterocycles. The molecule has 0 aliphatic heterocycles. The third kappa shape index (κ3) is 2.11. The first kappa shape index (κ1) is 10.0. The lowest BCUT2D eigenvalue weighted by atomic mass is 9.85. The van der Waals surface area contributed by atoms with Crippen LogP contribution in [0.1, 0.15) is 24.8 Å². The van der Waals surface area contributed by atoms with Crippen LogP contribution in [0.4, 0.5) is 5.69 Å². The molecule has 2 rings (SSSR count). The number of rotatable bonds is 3. The summed E-state index contributed by atoms with van der Waals surface area (Å²) in [5, 5.41) is 3.51. The zero-order chi connectivity index (χ0) is 9.97. The van der Waals surface area contributed by atoms with Gasteiger partial charge in [0.2, 0.25) is 0 Å². The molecule has 0 amide bonds. The lowest BCUT2D eigenvalue weighted by Gasteiger charge is -2.26. The van der Waals surface area contributed by atoms with E-state index < -0.39 is 0 Å². The molecule has 1 saturated carbocycles. The van der Waals surface area contributed by atoms with E-state index in [1.807, 2.05) is 0 Å².